The Morgan fingerprint density at radius 3 is 2.63 bits per heavy atom. The lowest BCUT2D eigenvalue weighted by atomic mass is 10.1. The van der Waals surface area contributed by atoms with Gasteiger partial charge < -0.3 is 10.1 Å². The van der Waals surface area contributed by atoms with Crippen molar-refractivity contribution in [3.63, 3.8) is 0 Å². The van der Waals surface area contributed by atoms with E-state index >= 15 is 0 Å². The second-order valence-electron chi connectivity index (χ2n) is 4.37. The van der Waals surface area contributed by atoms with E-state index in [0.29, 0.717) is 15.9 Å². The zero-order chi connectivity index (χ0) is 14.4. The van der Waals surface area contributed by atoms with Gasteiger partial charge in [-0.1, -0.05) is 31.6 Å². The predicted molar refractivity (Wildman–Crippen MR) is 76.0 cm³/mol. The van der Waals surface area contributed by atoms with Gasteiger partial charge in [-0.15, -0.1) is 0 Å². The van der Waals surface area contributed by atoms with Gasteiger partial charge in [0.2, 0.25) is 0 Å². The van der Waals surface area contributed by atoms with E-state index in [2.05, 4.69) is 24.1 Å². The molecule has 1 N–H and O–H groups in total. The minimum atomic E-state index is -0.541. The van der Waals surface area contributed by atoms with Crippen molar-refractivity contribution >= 4 is 28.2 Å². The van der Waals surface area contributed by atoms with Crippen LogP contribution in [-0.2, 0) is 4.74 Å². The summed E-state index contributed by atoms with van der Waals surface area (Å²) < 4.78 is 4.90. The van der Waals surface area contributed by atoms with Crippen molar-refractivity contribution in [1.29, 1.82) is 0 Å². The number of ether oxygens (including phenoxy) is 1. The van der Waals surface area contributed by atoms with E-state index in [9.17, 15) is 9.59 Å². The number of Topliss-reactive ketones (excluding diaryl/α,β-unsaturated/α-hetero) is 1. The highest BCUT2D eigenvalue weighted by Gasteiger charge is 2.22. The van der Waals surface area contributed by atoms with Crippen molar-refractivity contribution in [2.75, 3.05) is 18.5 Å². The highest BCUT2D eigenvalue weighted by molar-refractivity contribution is 7.17. The van der Waals surface area contributed by atoms with Gasteiger partial charge in [0.1, 0.15) is 4.88 Å². The summed E-state index contributed by atoms with van der Waals surface area (Å²) >= 11 is 1.20. The molecule has 0 saturated carbocycles. The first-order valence-corrected chi connectivity index (χ1v) is 7.23. The number of anilines is 1. The number of carbonyl (C=O) groups excluding carboxylic acids is 2. The second-order valence-corrected chi connectivity index (χ2v) is 5.37. The van der Waals surface area contributed by atoms with Gasteiger partial charge in [-0.2, -0.15) is 0 Å². The Morgan fingerprint density at radius 2 is 2.11 bits per heavy atom. The number of nitrogens with one attached hydrogen (secondary N) is 1. The molecule has 0 aliphatic rings. The van der Waals surface area contributed by atoms with Crippen LogP contribution in [0.25, 0.3) is 0 Å². The summed E-state index contributed by atoms with van der Waals surface area (Å²) in [6.45, 7) is 8.42. The summed E-state index contributed by atoms with van der Waals surface area (Å²) in [6.07, 6.45) is 1.06. The maximum absolute atomic E-state index is 11.7. The fraction of sp³-hybridized carbons (Fsp3) is 0.615. The molecule has 1 unspecified atom stereocenters. The Labute approximate surface area is 117 Å². The lowest BCUT2D eigenvalue weighted by molar-refractivity contribution is 0.0517. The van der Waals surface area contributed by atoms with Crippen LogP contribution in [0.4, 0.5) is 5.13 Å². The van der Waals surface area contributed by atoms with Crippen molar-refractivity contribution in [2.45, 2.75) is 34.1 Å². The number of rotatable bonds is 7. The molecule has 0 aliphatic carbocycles. The lowest BCUT2D eigenvalue weighted by Gasteiger charge is -2.07. The fourth-order valence-corrected chi connectivity index (χ4v) is 2.23. The van der Waals surface area contributed by atoms with Crippen LogP contribution >= 0.6 is 11.3 Å². The van der Waals surface area contributed by atoms with Gasteiger partial charge in [-0.25, -0.2) is 9.78 Å². The summed E-state index contributed by atoms with van der Waals surface area (Å²) in [7, 11) is 0. The summed E-state index contributed by atoms with van der Waals surface area (Å²) in [5, 5.41) is 3.75. The van der Waals surface area contributed by atoms with E-state index < -0.39 is 5.97 Å². The lowest BCUT2D eigenvalue weighted by Crippen LogP contribution is -2.11. The molecule has 6 heteroatoms. The van der Waals surface area contributed by atoms with E-state index in [1.807, 2.05) is 0 Å². The average molecular weight is 284 g/mol. The minimum absolute atomic E-state index is 0.117. The monoisotopic (exact) mass is 284 g/mol. The van der Waals surface area contributed by atoms with Gasteiger partial charge in [0.05, 0.1) is 6.61 Å². The molecule has 0 saturated heterocycles. The average Bonchev–Trinajstić information content (AvgIpc) is 2.80. The molecule has 106 valence electrons. The predicted octanol–water partition coefficient (Wildman–Crippen LogP) is 2.98. The van der Waals surface area contributed by atoms with Crippen LogP contribution in [0.2, 0.25) is 0 Å². The molecule has 1 heterocycles. The van der Waals surface area contributed by atoms with Crippen LogP contribution in [0, 0.1) is 5.92 Å². The molecule has 1 rings (SSSR count). The van der Waals surface area contributed by atoms with Crippen LogP contribution in [0.3, 0.4) is 0 Å². The van der Waals surface area contributed by atoms with Gasteiger partial charge in [0.25, 0.3) is 0 Å². The maximum Gasteiger partial charge on any atom is 0.358 e. The molecule has 0 amide bonds. The first-order chi connectivity index (χ1) is 8.99. The second kappa shape index (κ2) is 7.23. The van der Waals surface area contributed by atoms with Crippen LogP contribution in [0.1, 0.15) is 54.3 Å². The Kier molecular flexibility index (Phi) is 5.95. The number of aromatic nitrogens is 1. The van der Waals surface area contributed by atoms with Gasteiger partial charge in [-0.05, 0) is 12.8 Å². The molecule has 0 radical (unpaired) electrons. The van der Waals surface area contributed by atoms with Gasteiger partial charge in [0.15, 0.2) is 16.6 Å². The zero-order valence-electron chi connectivity index (χ0n) is 11.8. The van der Waals surface area contributed by atoms with Crippen molar-refractivity contribution in [1.82, 2.24) is 4.98 Å². The van der Waals surface area contributed by atoms with Gasteiger partial charge >= 0.3 is 5.97 Å². The van der Waals surface area contributed by atoms with E-state index in [1.165, 1.54) is 18.3 Å². The molecular weight excluding hydrogens is 264 g/mol. The number of hydrogen-bond acceptors (Lipinski definition) is 6. The van der Waals surface area contributed by atoms with Gasteiger partial charge in [-0.3, -0.25) is 4.79 Å². The first kappa shape index (κ1) is 15.6. The molecule has 0 bridgehead atoms. The fourth-order valence-electron chi connectivity index (χ4n) is 1.38. The molecule has 19 heavy (non-hydrogen) atoms. The van der Waals surface area contributed by atoms with Crippen LogP contribution in [0.15, 0.2) is 0 Å². The van der Waals surface area contributed by atoms with E-state index in [4.69, 9.17) is 4.74 Å². The third kappa shape index (κ3) is 4.31. The number of ketones is 1. The number of thiazole rings is 1. The first-order valence-electron chi connectivity index (χ1n) is 6.42. The molecule has 1 atom stereocenters. The largest absolute Gasteiger partial charge is 0.461 e. The Hall–Kier alpha value is -1.43. The van der Waals surface area contributed by atoms with Crippen molar-refractivity contribution in [3.05, 3.63) is 10.6 Å². The number of carbonyl (C=O) groups is 2. The van der Waals surface area contributed by atoms with Gasteiger partial charge in [0, 0.05) is 13.5 Å². The standard InChI is InChI=1S/C13H20N2O3S/c1-5-8(3)7-14-13-15-10(12(17)18-6-2)11(19-13)9(4)16/h8H,5-7H2,1-4H3,(H,14,15). The van der Waals surface area contributed by atoms with Crippen molar-refractivity contribution in [2.24, 2.45) is 5.92 Å². The third-order valence-electron chi connectivity index (χ3n) is 2.71. The molecule has 0 spiro atoms. The maximum atomic E-state index is 11.7. The molecular formula is C13H20N2O3S. The highest BCUT2D eigenvalue weighted by atomic mass is 32.1. The molecule has 0 aromatic carbocycles. The van der Waals surface area contributed by atoms with Crippen LogP contribution < -0.4 is 5.32 Å². The summed E-state index contributed by atoms with van der Waals surface area (Å²) in [4.78, 5) is 27.8. The third-order valence-corrected chi connectivity index (χ3v) is 3.83. The normalized spacial score (nSPS) is 12.0. The van der Waals surface area contributed by atoms with Crippen molar-refractivity contribution in [3.8, 4) is 0 Å². The quantitative estimate of drug-likeness (QED) is 0.616. The highest BCUT2D eigenvalue weighted by Crippen LogP contribution is 2.24. The van der Waals surface area contributed by atoms with E-state index in [0.717, 1.165) is 13.0 Å². The van der Waals surface area contributed by atoms with E-state index in [1.54, 1.807) is 6.92 Å². The Balaban J connectivity index is 2.88. The van der Waals surface area contributed by atoms with Crippen molar-refractivity contribution < 1.29 is 14.3 Å². The smallest absolute Gasteiger partial charge is 0.358 e. The SMILES string of the molecule is CCOC(=O)c1nc(NCC(C)CC)sc1C(C)=O. The number of esters is 1. The molecule has 1 aromatic heterocycles. The summed E-state index contributed by atoms with van der Waals surface area (Å²) in [6, 6.07) is 0. The molecule has 5 nitrogen and oxygen atoms in total. The molecule has 1 aromatic rings. The summed E-state index contributed by atoms with van der Waals surface area (Å²) in [5.74, 6) is -0.201. The molecule has 0 aliphatic heterocycles. The van der Waals surface area contributed by atoms with Crippen LogP contribution in [-0.4, -0.2) is 29.9 Å². The zero-order valence-corrected chi connectivity index (χ0v) is 12.6. The number of nitrogens with zero attached hydrogens (tertiary/aromatic N) is 1. The van der Waals surface area contributed by atoms with E-state index in [-0.39, 0.29) is 18.1 Å². The topological polar surface area (TPSA) is 68.3 Å². The minimum Gasteiger partial charge on any atom is -0.461 e. The summed E-state index contributed by atoms with van der Waals surface area (Å²) in [5.41, 5.74) is 0.117. The molecule has 0 fully saturated rings. The van der Waals surface area contributed by atoms with Crippen LogP contribution in [0.5, 0.6) is 0 Å². The number of hydrogen-bond donors (Lipinski definition) is 1. The Bertz CT molecular complexity index is 457. The Morgan fingerprint density at radius 1 is 1.42 bits per heavy atom.